The number of hydrogen-bond acceptors (Lipinski definition) is 4. The van der Waals surface area contributed by atoms with Crippen LogP contribution in [0.1, 0.15) is 27.7 Å². The Balaban J connectivity index is 3.06. The van der Waals surface area contributed by atoms with E-state index in [-0.39, 0.29) is 5.76 Å². The van der Waals surface area contributed by atoms with Crippen LogP contribution in [-0.2, 0) is 19.0 Å². The summed E-state index contributed by atoms with van der Waals surface area (Å²) in [5, 5.41) is 0. The summed E-state index contributed by atoms with van der Waals surface area (Å²) in [6, 6.07) is 0. The molecule has 0 fully saturated rings. The summed E-state index contributed by atoms with van der Waals surface area (Å²) in [5.74, 6) is -0.361. The van der Waals surface area contributed by atoms with Crippen LogP contribution < -0.4 is 0 Å². The second kappa shape index (κ2) is 3.61. The molecular formula is C9H13F3O4S. The summed E-state index contributed by atoms with van der Waals surface area (Å²) in [7, 11) is -5.65. The fourth-order valence-corrected chi connectivity index (χ4v) is 2.10. The number of ether oxygens (including phenoxy) is 1. The summed E-state index contributed by atoms with van der Waals surface area (Å²) < 4.78 is 67.6. The molecule has 1 rings (SSSR count). The molecule has 0 radical (unpaired) electrons. The van der Waals surface area contributed by atoms with E-state index in [1.807, 2.05) is 0 Å². The maximum Gasteiger partial charge on any atom is 0.534 e. The normalized spacial score (nSPS) is 23.4. The molecule has 0 unspecified atom stereocenters. The molecule has 0 aliphatic carbocycles. The SMILES string of the molecule is CC1(C)C=C(OS(=O)(=O)C(F)(F)F)C(C)(C)O1. The third-order valence-corrected chi connectivity index (χ3v) is 3.04. The van der Waals surface area contributed by atoms with Crippen LogP contribution in [0.5, 0.6) is 0 Å². The Kier molecular flexibility index (Phi) is 3.04. The maximum atomic E-state index is 12.2. The van der Waals surface area contributed by atoms with Gasteiger partial charge in [-0.2, -0.15) is 21.6 Å². The molecule has 8 heteroatoms. The van der Waals surface area contributed by atoms with E-state index in [1.54, 1.807) is 13.8 Å². The molecular weight excluding hydrogens is 261 g/mol. The first-order valence-electron chi connectivity index (χ1n) is 4.71. The Bertz CT molecular complexity index is 445. The van der Waals surface area contributed by atoms with Gasteiger partial charge in [0.25, 0.3) is 0 Å². The maximum absolute atomic E-state index is 12.2. The van der Waals surface area contributed by atoms with Gasteiger partial charge in [-0.05, 0) is 33.8 Å². The fraction of sp³-hybridized carbons (Fsp3) is 0.778. The van der Waals surface area contributed by atoms with Gasteiger partial charge < -0.3 is 8.92 Å². The Morgan fingerprint density at radius 3 is 2.00 bits per heavy atom. The largest absolute Gasteiger partial charge is 0.534 e. The van der Waals surface area contributed by atoms with Crippen molar-refractivity contribution in [3.05, 3.63) is 11.8 Å². The molecule has 0 bridgehead atoms. The van der Waals surface area contributed by atoms with E-state index in [0.29, 0.717) is 0 Å². The van der Waals surface area contributed by atoms with Gasteiger partial charge >= 0.3 is 15.6 Å². The Morgan fingerprint density at radius 1 is 1.24 bits per heavy atom. The molecule has 0 saturated heterocycles. The van der Waals surface area contributed by atoms with Gasteiger partial charge in [-0.1, -0.05) is 0 Å². The molecule has 0 aromatic heterocycles. The second-order valence-electron chi connectivity index (χ2n) is 4.71. The predicted molar refractivity (Wildman–Crippen MR) is 53.4 cm³/mol. The molecule has 1 aliphatic heterocycles. The predicted octanol–water partition coefficient (Wildman–Crippen LogP) is 2.32. The molecule has 1 aliphatic rings. The van der Waals surface area contributed by atoms with Crippen molar-refractivity contribution >= 4 is 10.1 Å². The number of alkyl halides is 3. The van der Waals surface area contributed by atoms with Crippen molar-refractivity contribution in [2.75, 3.05) is 0 Å². The van der Waals surface area contributed by atoms with Crippen LogP contribution in [-0.4, -0.2) is 25.1 Å². The molecule has 0 atom stereocenters. The molecule has 1 heterocycles. The second-order valence-corrected chi connectivity index (χ2v) is 6.25. The lowest BCUT2D eigenvalue weighted by Crippen LogP contribution is -2.33. The highest BCUT2D eigenvalue weighted by molar-refractivity contribution is 7.87. The molecule has 100 valence electrons. The quantitative estimate of drug-likeness (QED) is 0.573. The standard InChI is InChI=1S/C9H13F3O4S/c1-7(2)5-6(8(3,4)16-7)15-17(13,14)9(10,11)12/h5H,1-4H3. The summed E-state index contributed by atoms with van der Waals surface area (Å²) in [5.41, 5.74) is -7.54. The average molecular weight is 274 g/mol. The van der Waals surface area contributed by atoms with Gasteiger partial charge in [0.15, 0.2) is 0 Å². The van der Waals surface area contributed by atoms with E-state index < -0.39 is 26.8 Å². The minimum atomic E-state index is -5.65. The van der Waals surface area contributed by atoms with Crippen molar-refractivity contribution in [2.45, 2.75) is 44.4 Å². The Hall–Kier alpha value is -0.760. The monoisotopic (exact) mass is 274 g/mol. The summed E-state index contributed by atoms with van der Waals surface area (Å²) in [4.78, 5) is 0. The topological polar surface area (TPSA) is 52.6 Å². The van der Waals surface area contributed by atoms with E-state index in [1.165, 1.54) is 19.9 Å². The lowest BCUT2D eigenvalue weighted by atomic mass is 10.1. The zero-order chi connectivity index (χ0) is 13.7. The van der Waals surface area contributed by atoms with Crippen molar-refractivity contribution in [3.63, 3.8) is 0 Å². The van der Waals surface area contributed by atoms with Gasteiger partial charge in [0.2, 0.25) is 0 Å². The number of rotatable bonds is 2. The number of halogens is 3. The van der Waals surface area contributed by atoms with Gasteiger partial charge in [-0.15, -0.1) is 0 Å². The van der Waals surface area contributed by atoms with Gasteiger partial charge in [0, 0.05) is 0 Å². The first kappa shape index (κ1) is 14.3. The summed E-state index contributed by atoms with van der Waals surface area (Å²) in [6.07, 6.45) is 1.22. The van der Waals surface area contributed by atoms with Crippen molar-refractivity contribution in [2.24, 2.45) is 0 Å². The summed E-state index contributed by atoms with van der Waals surface area (Å²) in [6.45, 7) is 6.04. The molecule has 17 heavy (non-hydrogen) atoms. The van der Waals surface area contributed by atoms with Crippen LogP contribution in [0.3, 0.4) is 0 Å². The van der Waals surface area contributed by atoms with E-state index in [4.69, 9.17) is 4.74 Å². The minimum Gasteiger partial charge on any atom is -0.378 e. The third kappa shape index (κ3) is 2.92. The van der Waals surface area contributed by atoms with Crippen molar-refractivity contribution < 1.29 is 30.5 Å². The van der Waals surface area contributed by atoms with Crippen LogP contribution in [0.2, 0.25) is 0 Å². The Labute approximate surface area is 97.5 Å². The van der Waals surface area contributed by atoms with Crippen LogP contribution in [0.4, 0.5) is 13.2 Å². The first-order chi connectivity index (χ1) is 7.27. The number of hydrogen-bond donors (Lipinski definition) is 0. The molecule has 0 saturated carbocycles. The van der Waals surface area contributed by atoms with Crippen molar-refractivity contribution in [1.29, 1.82) is 0 Å². The molecule has 0 aromatic carbocycles. The van der Waals surface area contributed by atoms with E-state index >= 15 is 0 Å². The zero-order valence-electron chi connectivity index (χ0n) is 9.75. The molecule has 0 aromatic rings. The van der Waals surface area contributed by atoms with Crippen LogP contribution >= 0.6 is 0 Å². The molecule has 0 N–H and O–H groups in total. The van der Waals surface area contributed by atoms with Gasteiger partial charge in [-0.3, -0.25) is 0 Å². The highest BCUT2D eigenvalue weighted by Gasteiger charge is 2.52. The third-order valence-electron chi connectivity index (χ3n) is 2.07. The smallest absolute Gasteiger partial charge is 0.378 e. The average Bonchev–Trinajstić information content (AvgIpc) is 2.15. The lowest BCUT2D eigenvalue weighted by molar-refractivity contribution is -0.0704. The molecule has 4 nitrogen and oxygen atoms in total. The van der Waals surface area contributed by atoms with Crippen molar-refractivity contribution in [3.8, 4) is 0 Å². The zero-order valence-corrected chi connectivity index (χ0v) is 10.6. The van der Waals surface area contributed by atoms with Gasteiger partial charge in [0.1, 0.15) is 11.4 Å². The summed E-state index contributed by atoms with van der Waals surface area (Å²) >= 11 is 0. The lowest BCUT2D eigenvalue weighted by Gasteiger charge is -2.26. The van der Waals surface area contributed by atoms with Crippen LogP contribution in [0, 0.1) is 0 Å². The minimum absolute atomic E-state index is 0.361. The molecule has 0 spiro atoms. The first-order valence-corrected chi connectivity index (χ1v) is 6.12. The van der Waals surface area contributed by atoms with E-state index in [0.717, 1.165) is 0 Å². The fourth-order valence-electron chi connectivity index (χ4n) is 1.52. The highest BCUT2D eigenvalue weighted by atomic mass is 32.2. The highest BCUT2D eigenvalue weighted by Crippen LogP contribution is 2.39. The van der Waals surface area contributed by atoms with E-state index in [2.05, 4.69) is 4.18 Å². The van der Waals surface area contributed by atoms with E-state index in [9.17, 15) is 21.6 Å². The van der Waals surface area contributed by atoms with Crippen LogP contribution in [0.25, 0.3) is 0 Å². The Morgan fingerprint density at radius 2 is 1.71 bits per heavy atom. The van der Waals surface area contributed by atoms with Gasteiger partial charge in [0.05, 0.1) is 5.60 Å². The van der Waals surface area contributed by atoms with Gasteiger partial charge in [-0.25, -0.2) is 0 Å². The van der Waals surface area contributed by atoms with Crippen molar-refractivity contribution in [1.82, 2.24) is 0 Å². The van der Waals surface area contributed by atoms with Crippen LogP contribution in [0.15, 0.2) is 11.8 Å². The molecule has 0 amide bonds.